The highest BCUT2D eigenvalue weighted by Gasteiger charge is 1.89. The zero-order chi connectivity index (χ0) is 8.97. The molecule has 0 heterocycles. The van der Waals surface area contributed by atoms with Crippen LogP contribution in [-0.2, 0) is 0 Å². The Kier molecular flexibility index (Phi) is 3.54. The molecule has 0 unspecified atom stereocenters. The fourth-order valence-corrected chi connectivity index (χ4v) is 1.33. The lowest BCUT2D eigenvalue weighted by Crippen LogP contribution is -1.77. The highest BCUT2D eigenvalue weighted by atomic mass is 79.9. The van der Waals surface area contributed by atoms with Crippen LogP contribution >= 0.6 is 15.9 Å². The van der Waals surface area contributed by atoms with Crippen molar-refractivity contribution in [2.75, 3.05) is 0 Å². The molecule has 0 radical (unpaired) electrons. The minimum atomic E-state index is 0.615. The van der Waals surface area contributed by atoms with E-state index in [-0.39, 0.29) is 0 Å². The van der Waals surface area contributed by atoms with Crippen LogP contribution in [0.3, 0.4) is 0 Å². The van der Waals surface area contributed by atoms with Gasteiger partial charge in [0.2, 0.25) is 0 Å². The Morgan fingerprint density at radius 2 is 2.08 bits per heavy atom. The smallest absolute Gasteiger partial charge is 0.0181 e. The van der Waals surface area contributed by atoms with Crippen molar-refractivity contribution in [3.05, 3.63) is 40.4 Å². The molecular weight excluding hydrogens is 212 g/mol. The van der Waals surface area contributed by atoms with Crippen molar-refractivity contribution in [3.63, 3.8) is 0 Å². The molecular formula is C11H13Br. The highest BCUT2D eigenvalue weighted by Crippen LogP contribution is 2.13. The van der Waals surface area contributed by atoms with Gasteiger partial charge >= 0.3 is 0 Å². The summed E-state index contributed by atoms with van der Waals surface area (Å²) in [4.78, 5) is 0. The number of benzene rings is 1. The van der Waals surface area contributed by atoms with Gasteiger partial charge in [0.25, 0.3) is 0 Å². The van der Waals surface area contributed by atoms with E-state index in [9.17, 15) is 0 Å². The van der Waals surface area contributed by atoms with Crippen LogP contribution in [0.5, 0.6) is 0 Å². The van der Waals surface area contributed by atoms with Gasteiger partial charge in [0.1, 0.15) is 0 Å². The number of rotatable bonds is 2. The normalized spacial score (nSPS) is 11.3. The van der Waals surface area contributed by atoms with E-state index < -0.39 is 0 Å². The van der Waals surface area contributed by atoms with Crippen molar-refractivity contribution in [3.8, 4) is 0 Å². The molecule has 0 aliphatic rings. The van der Waals surface area contributed by atoms with Crippen LogP contribution in [0, 0.1) is 5.92 Å². The van der Waals surface area contributed by atoms with E-state index in [4.69, 9.17) is 0 Å². The van der Waals surface area contributed by atoms with Gasteiger partial charge < -0.3 is 0 Å². The number of hydrogen-bond donors (Lipinski definition) is 0. The fraction of sp³-hybridized carbons (Fsp3) is 0.273. The summed E-state index contributed by atoms with van der Waals surface area (Å²) in [6, 6.07) is 8.29. The topological polar surface area (TPSA) is 0 Å². The average Bonchev–Trinajstić information content (AvgIpc) is 2.01. The number of allylic oxidation sites excluding steroid dienone is 1. The minimum absolute atomic E-state index is 0.615. The Morgan fingerprint density at radius 3 is 2.67 bits per heavy atom. The van der Waals surface area contributed by atoms with Gasteiger partial charge in [-0.2, -0.15) is 0 Å². The van der Waals surface area contributed by atoms with Crippen molar-refractivity contribution in [1.29, 1.82) is 0 Å². The van der Waals surface area contributed by atoms with Crippen LogP contribution in [0.1, 0.15) is 19.4 Å². The molecule has 0 N–H and O–H groups in total. The summed E-state index contributed by atoms with van der Waals surface area (Å²) in [6.45, 7) is 4.35. The van der Waals surface area contributed by atoms with Crippen molar-refractivity contribution in [2.24, 2.45) is 5.92 Å². The second kappa shape index (κ2) is 4.46. The Bertz CT molecular complexity index is 274. The summed E-state index contributed by atoms with van der Waals surface area (Å²) in [5, 5.41) is 0. The lowest BCUT2D eigenvalue weighted by atomic mass is 10.1. The molecule has 1 aromatic carbocycles. The lowest BCUT2D eigenvalue weighted by molar-refractivity contribution is 0.836. The molecule has 0 saturated carbocycles. The standard InChI is InChI=1S/C11H13Br/c1-9(2)6-7-10-4-3-5-11(12)8-10/h3-9H,1-2H3/b7-6-. The van der Waals surface area contributed by atoms with Gasteiger partial charge in [0.15, 0.2) is 0 Å². The monoisotopic (exact) mass is 224 g/mol. The third-order valence-corrected chi connectivity index (χ3v) is 2.02. The molecule has 0 bridgehead atoms. The number of hydrogen-bond acceptors (Lipinski definition) is 0. The molecule has 0 fully saturated rings. The molecule has 0 aliphatic heterocycles. The molecule has 0 amide bonds. The molecule has 0 nitrogen and oxygen atoms in total. The first-order valence-electron chi connectivity index (χ1n) is 4.12. The molecule has 1 aromatic rings. The van der Waals surface area contributed by atoms with Gasteiger partial charge in [0.05, 0.1) is 0 Å². The largest absolute Gasteiger partial charge is 0.0814 e. The van der Waals surface area contributed by atoms with Crippen LogP contribution in [0.2, 0.25) is 0 Å². The maximum Gasteiger partial charge on any atom is 0.0181 e. The summed E-state index contributed by atoms with van der Waals surface area (Å²) in [7, 11) is 0. The molecule has 0 spiro atoms. The molecule has 0 atom stereocenters. The summed E-state index contributed by atoms with van der Waals surface area (Å²) in [6.07, 6.45) is 4.34. The molecule has 0 aliphatic carbocycles. The molecule has 0 saturated heterocycles. The van der Waals surface area contributed by atoms with Gasteiger partial charge in [-0.05, 0) is 23.6 Å². The molecule has 0 aromatic heterocycles. The summed E-state index contributed by atoms with van der Waals surface area (Å²) >= 11 is 3.44. The maximum absolute atomic E-state index is 3.44. The van der Waals surface area contributed by atoms with E-state index in [1.165, 1.54) is 5.56 Å². The maximum atomic E-state index is 3.44. The predicted octanol–water partition coefficient (Wildman–Crippen LogP) is 4.12. The Morgan fingerprint density at radius 1 is 1.33 bits per heavy atom. The second-order valence-electron chi connectivity index (χ2n) is 3.16. The summed E-state index contributed by atoms with van der Waals surface area (Å²) in [5.41, 5.74) is 1.25. The molecule has 1 rings (SSSR count). The van der Waals surface area contributed by atoms with Crippen LogP contribution in [-0.4, -0.2) is 0 Å². The van der Waals surface area contributed by atoms with E-state index in [0.29, 0.717) is 5.92 Å². The number of halogens is 1. The van der Waals surface area contributed by atoms with Crippen molar-refractivity contribution in [1.82, 2.24) is 0 Å². The van der Waals surface area contributed by atoms with Crippen molar-refractivity contribution < 1.29 is 0 Å². The zero-order valence-electron chi connectivity index (χ0n) is 7.42. The zero-order valence-corrected chi connectivity index (χ0v) is 9.01. The Balaban J connectivity index is 2.76. The van der Waals surface area contributed by atoms with Gasteiger partial charge in [-0.3, -0.25) is 0 Å². The van der Waals surface area contributed by atoms with E-state index in [2.05, 4.69) is 54.1 Å². The molecule has 1 heteroatoms. The second-order valence-corrected chi connectivity index (χ2v) is 4.07. The van der Waals surface area contributed by atoms with Crippen molar-refractivity contribution in [2.45, 2.75) is 13.8 Å². The van der Waals surface area contributed by atoms with E-state index in [0.717, 1.165) is 4.47 Å². The van der Waals surface area contributed by atoms with Gasteiger partial charge in [0, 0.05) is 4.47 Å². The van der Waals surface area contributed by atoms with Crippen LogP contribution in [0.4, 0.5) is 0 Å². The average molecular weight is 225 g/mol. The molecule has 12 heavy (non-hydrogen) atoms. The van der Waals surface area contributed by atoms with Crippen molar-refractivity contribution >= 4 is 22.0 Å². The highest BCUT2D eigenvalue weighted by molar-refractivity contribution is 9.10. The third kappa shape index (κ3) is 3.22. The first-order valence-corrected chi connectivity index (χ1v) is 4.91. The first kappa shape index (κ1) is 9.53. The van der Waals surface area contributed by atoms with E-state index >= 15 is 0 Å². The predicted molar refractivity (Wildman–Crippen MR) is 58.0 cm³/mol. The van der Waals surface area contributed by atoms with Gasteiger partial charge in [-0.15, -0.1) is 0 Å². The first-order chi connectivity index (χ1) is 5.68. The van der Waals surface area contributed by atoms with E-state index in [1.807, 2.05) is 12.1 Å². The van der Waals surface area contributed by atoms with Crippen LogP contribution in [0.25, 0.3) is 6.08 Å². The molecule has 64 valence electrons. The SMILES string of the molecule is CC(C)/C=C\c1cccc(Br)c1. The van der Waals surface area contributed by atoms with Crippen LogP contribution < -0.4 is 0 Å². The summed E-state index contributed by atoms with van der Waals surface area (Å²) in [5.74, 6) is 0.615. The summed E-state index contributed by atoms with van der Waals surface area (Å²) < 4.78 is 1.13. The van der Waals surface area contributed by atoms with Gasteiger partial charge in [-0.25, -0.2) is 0 Å². The van der Waals surface area contributed by atoms with Crippen LogP contribution in [0.15, 0.2) is 34.8 Å². The Labute approximate surface area is 82.4 Å². The Hall–Kier alpha value is -0.560. The lowest BCUT2D eigenvalue weighted by Gasteiger charge is -1.96. The van der Waals surface area contributed by atoms with E-state index in [1.54, 1.807) is 0 Å². The quantitative estimate of drug-likeness (QED) is 0.710. The fourth-order valence-electron chi connectivity index (χ4n) is 0.914. The van der Waals surface area contributed by atoms with Gasteiger partial charge in [-0.1, -0.05) is 54.1 Å². The third-order valence-electron chi connectivity index (χ3n) is 1.52. The minimum Gasteiger partial charge on any atom is -0.0814 e.